The van der Waals surface area contributed by atoms with Crippen molar-refractivity contribution in [2.75, 3.05) is 19.7 Å². The Morgan fingerprint density at radius 1 is 1.54 bits per heavy atom. The summed E-state index contributed by atoms with van der Waals surface area (Å²) in [5.41, 5.74) is 5.61. The number of carbonyl (C=O) groups is 1. The summed E-state index contributed by atoms with van der Waals surface area (Å²) in [6, 6.07) is 0.196. The van der Waals surface area contributed by atoms with Gasteiger partial charge < -0.3 is 15.4 Å². The van der Waals surface area contributed by atoms with Crippen molar-refractivity contribution >= 4 is 5.91 Å². The summed E-state index contributed by atoms with van der Waals surface area (Å²) in [4.78, 5) is 13.6. The summed E-state index contributed by atoms with van der Waals surface area (Å²) in [6.07, 6.45) is 0.954. The molecule has 2 aliphatic heterocycles. The first-order chi connectivity index (χ1) is 6.18. The standard InChI is InChI=1S/C9H16N2O2/c1-6-8(2-3-13-6)9(12)11-4-7(10)5-11/h6-8H,2-5,10H2,1H3. The Morgan fingerprint density at radius 3 is 2.69 bits per heavy atom. The highest BCUT2D eigenvalue weighted by molar-refractivity contribution is 5.80. The number of amides is 1. The Morgan fingerprint density at radius 2 is 2.23 bits per heavy atom. The molecule has 2 aliphatic rings. The Kier molecular flexibility index (Phi) is 2.26. The van der Waals surface area contributed by atoms with E-state index in [1.54, 1.807) is 0 Å². The van der Waals surface area contributed by atoms with E-state index >= 15 is 0 Å². The van der Waals surface area contributed by atoms with E-state index in [0.717, 1.165) is 26.1 Å². The number of likely N-dealkylation sites (tertiary alicyclic amines) is 1. The molecule has 0 spiro atoms. The SMILES string of the molecule is CC1OCCC1C(=O)N1CC(N)C1. The van der Waals surface area contributed by atoms with Gasteiger partial charge in [0.1, 0.15) is 0 Å². The molecule has 2 atom stereocenters. The van der Waals surface area contributed by atoms with E-state index < -0.39 is 0 Å². The molecule has 4 nitrogen and oxygen atoms in total. The van der Waals surface area contributed by atoms with Crippen LogP contribution in [0.25, 0.3) is 0 Å². The second-order valence-corrected chi connectivity index (χ2v) is 3.97. The number of hydrogen-bond acceptors (Lipinski definition) is 3. The van der Waals surface area contributed by atoms with Crippen LogP contribution in [0.3, 0.4) is 0 Å². The van der Waals surface area contributed by atoms with Crippen LogP contribution in [0.4, 0.5) is 0 Å². The molecule has 0 aromatic heterocycles. The molecule has 13 heavy (non-hydrogen) atoms. The van der Waals surface area contributed by atoms with Crippen LogP contribution in [-0.2, 0) is 9.53 Å². The fourth-order valence-electron chi connectivity index (χ4n) is 1.98. The Balaban J connectivity index is 1.89. The van der Waals surface area contributed by atoms with Crippen molar-refractivity contribution in [2.24, 2.45) is 11.7 Å². The lowest BCUT2D eigenvalue weighted by molar-refractivity contribution is -0.141. The molecule has 2 heterocycles. The second kappa shape index (κ2) is 3.27. The molecule has 0 aromatic rings. The molecule has 2 saturated heterocycles. The lowest BCUT2D eigenvalue weighted by Crippen LogP contribution is -2.59. The second-order valence-electron chi connectivity index (χ2n) is 3.97. The molecule has 2 fully saturated rings. The average molecular weight is 184 g/mol. The molecule has 0 bridgehead atoms. The Hall–Kier alpha value is -0.610. The molecule has 0 saturated carbocycles. The van der Waals surface area contributed by atoms with Gasteiger partial charge in [-0.15, -0.1) is 0 Å². The van der Waals surface area contributed by atoms with Crippen molar-refractivity contribution in [2.45, 2.75) is 25.5 Å². The summed E-state index contributed by atoms with van der Waals surface area (Å²) in [7, 11) is 0. The summed E-state index contributed by atoms with van der Waals surface area (Å²) >= 11 is 0. The van der Waals surface area contributed by atoms with Gasteiger partial charge in [0, 0.05) is 25.7 Å². The van der Waals surface area contributed by atoms with Crippen molar-refractivity contribution in [3.8, 4) is 0 Å². The molecular formula is C9H16N2O2. The highest BCUT2D eigenvalue weighted by Crippen LogP contribution is 2.24. The van der Waals surface area contributed by atoms with Gasteiger partial charge in [-0.2, -0.15) is 0 Å². The van der Waals surface area contributed by atoms with Crippen molar-refractivity contribution in [1.29, 1.82) is 0 Å². The van der Waals surface area contributed by atoms with Crippen LogP contribution in [0, 0.1) is 5.92 Å². The van der Waals surface area contributed by atoms with E-state index in [4.69, 9.17) is 10.5 Å². The van der Waals surface area contributed by atoms with Crippen LogP contribution >= 0.6 is 0 Å². The Bertz CT molecular complexity index is 214. The predicted molar refractivity (Wildman–Crippen MR) is 48.1 cm³/mol. The molecule has 74 valence electrons. The van der Waals surface area contributed by atoms with E-state index in [2.05, 4.69) is 0 Å². The smallest absolute Gasteiger partial charge is 0.228 e. The molecule has 2 unspecified atom stereocenters. The van der Waals surface area contributed by atoms with Crippen molar-refractivity contribution in [3.05, 3.63) is 0 Å². The van der Waals surface area contributed by atoms with Crippen molar-refractivity contribution < 1.29 is 9.53 Å². The molecule has 2 rings (SSSR count). The third-order valence-electron chi connectivity index (χ3n) is 2.91. The minimum absolute atomic E-state index is 0.0764. The van der Waals surface area contributed by atoms with Gasteiger partial charge in [0.15, 0.2) is 0 Å². The van der Waals surface area contributed by atoms with Gasteiger partial charge in [-0.1, -0.05) is 0 Å². The fraction of sp³-hybridized carbons (Fsp3) is 0.889. The van der Waals surface area contributed by atoms with Gasteiger partial charge in [0.25, 0.3) is 0 Å². The van der Waals surface area contributed by atoms with E-state index in [0.29, 0.717) is 0 Å². The lowest BCUT2D eigenvalue weighted by atomic mass is 9.98. The lowest BCUT2D eigenvalue weighted by Gasteiger charge is -2.38. The number of ether oxygens (including phenoxy) is 1. The minimum atomic E-state index is 0.0764. The monoisotopic (exact) mass is 184 g/mol. The van der Waals surface area contributed by atoms with Crippen LogP contribution in [0.5, 0.6) is 0 Å². The first kappa shape index (κ1) is 8.97. The highest BCUT2D eigenvalue weighted by Gasteiger charge is 2.37. The van der Waals surface area contributed by atoms with E-state index in [9.17, 15) is 4.79 Å². The van der Waals surface area contributed by atoms with Crippen LogP contribution in [0.15, 0.2) is 0 Å². The van der Waals surface area contributed by atoms with Gasteiger partial charge in [0.05, 0.1) is 12.0 Å². The van der Waals surface area contributed by atoms with Gasteiger partial charge in [0.2, 0.25) is 5.91 Å². The largest absolute Gasteiger partial charge is 0.378 e. The summed E-state index contributed by atoms with van der Waals surface area (Å²) in [5, 5.41) is 0. The molecule has 1 amide bonds. The molecular weight excluding hydrogens is 168 g/mol. The van der Waals surface area contributed by atoms with E-state index in [1.165, 1.54) is 0 Å². The number of nitrogens with two attached hydrogens (primary N) is 1. The number of rotatable bonds is 1. The maximum absolute atomic E-state index is 11.8. The zero-order chi connectivity index (χ0) is 9.42. The van der Waals surface area contributed by atoms with Crippen molar-refractivity contribution in [1.82, 2.24) is 4.90 Å². The third-order valence-corrected chi connectivity index (χ3v) is 2.91. The van der Waals surface area contributed by atoms with E-state index in [-0.39, 0.29) is 24.0 Å². The van der Waals surface area contributed by atoms with E-state index in [1.807, 2.05) is 11.8 Å². The van der Waals surface area contributed by atoms with Gasteiger partial charge >= 0.3 is 0 Å². The minimum Gasteiger partial charge on any atom is -0.378 e. The molecule has 0 radical (unpaired) electrons. The highest BCUT2D eigenvalue weighted by atomic mass is 16.5. The maximum Gasteiger partial charge on any atom is 0.228 e. The zero-order valence-corrected chi connectivity index (χ0v) is 7.90. The number of hydrogen-bond donors (Lipinski definition) is 1. The van der Waals surface area contributed by atoms with Gasteiger partial charge in [-0.3, -0.25) is 4.79 Å². The summed E-state index contributed by atoms with van der Waals surface area (Å²) in [6.45, 7) is 4.14. The molecule has 2 N–H and O–H groups in total. The number of nitrogens with zero attached hydrogens (tertiary/aromatic N) is 1. The van der Waals surface area contributed by atoms with Gasteiger partial charge in [-0.05, 0) is 13.3 Å². The van der Waals surface area contributed by atoms with Crippen LogP contribution in [0.2, 0.25) is 0 Å². The zero-order valence-electron chi connectivity index (χ0n) is 7.90. The third kappa shape index (κ3) is 1.56. The average Bonchev–Trinajstić information content (AvgIpc) is 2.44. The quantitative estimate of drug-likeness (QED) is 0.602. The molecule has 0 aromatic carbocycles. The van der Waals surface area contributed by atoms with Gasteiger partial charge in [-0.25, -0.2) is 0 Å². The Labute approximate surface area is 78.0 Å². The van der Waals surface area contributed by atoms with Crippen molar-refractivity contribution in [3.63, 3.8) is 0 Å². The first-order valence-electron chi connectivity index (χ1n) is 4.84. The summed E-state index contributed by atoms with van der Waals surface area (Å²) < 4.78 is 5.35. The van der Waals surface area contributed by atoms with Crippen LogP contribution in [-0.4, -0.2) is 42.6 Å². The first-order valence-corrected chi connectivity index (χ1v) is 4.84. The predicted octanol–water partition coefficient (Wildman–Crippen LogP) is -0.419. The topological polar surface area (TPSA) is 55.6 Å². The molecule has 0 aliphatic carbocycles. The van der Waals surface area contributed by atoms with Crippen LogP contribution < -0.4 is 5.73 Å². The maximum atomic E-state index is 11.8. The van der Waals surface area contributed by atoms with Crippen LogP contribution in [0.1, 0.15) is 13.3 Å². The fourth-order valence-corrected chi connectivity index (χ4v) is 1.98. The molecule has 4 heteroatoms. The normalized spacial score (nSPS) is 34.8. The number of carbonyl (C=O) groups excluding carboxylic acids is 1. The summed E-state index contributed by atoms with van der Waals surface area (Å²) in [5.74, 6) is 0.305.